The van der Waals surface area contributed by atoms with Gasteiger partial charge >= 0.3 is 0 Å². The first-order valence-electron chi connectivity index (χ1n) is 5.31. The molecule has 0 aliphatic rings. The van der Waals surface area contributed by atoms with Crippen molar-refractivity contribution < 1.29 is 4.74 Å². The van der Waals surface area contributed by atoms with Crippen molar-refractivity contribution in [1.82, 2.24) is 10.2 Å². The molecule has 2 aromatic rings. The Morgan fingerprint density at radius 3 is 2.84 bits per heavy atom. The first-order valence-corrected chi connectivity index (χ1v) is 6.48. The van der Waals surface area contributed by atoms with Gasteiger partial charge in [-0.25, -0.2) is 0 Å². The highest BCUT2D eigenvalue weighted by Crippen LogP contribution is 2.21. The van der Waals surface area contributed by atoms with Crippen molar-refractivity contribution in [3.8, 4) is 5.75 Å². The first kappa shape index (κ1) is 13.8. The Balaban J connectivity index is 2.10. The fourth-order valence-electron chi connectivity index (χ4n) is 1.35. The Morgan fingerprint density at radius 2 is 2.16 bits per heavy atom. The number of halogens is 2. The van der Waals surface area contributed by atoms with Crippen LogP contribution in [-0.4, -0.2) is 23.5 Å². The number of hydrogen-bond acceptors (Lipinski definition) is 5. The SMILES string of the molecule is COc1ccc(Br)cc1/C=N\Nc1ccc(Cl)nn1. The first-order chi connectivity index (χ1) is 9.19. The summed E-state index contributed by atoms with van der Waals surface area (Å²) in [5.41, 5.74) is 3.60. The van der Waals surface area contributed by atoms with E-state index in [-0.39, 0.29) is 0 Å². The fraction of sp³-hybridized carbons (Fsp3) is 0.0833. The third kappa shape index (κ3) is 3.90. The largest absolute Gasteiger partial charge is 0.496 e. The zero-order valence-corrected chi connectivity index (χ0v) is 12.3. The van der Waals surface area contributed by atoms with E-state index in [1.807, 2.05) is 18.2 Å². The molecule has 1 aromatic carbocycles. The smallest absolute Gasteiger partial charge is 0.168 e. The Kier molecular flexibility index (Phi) is 4.70. The summed E-state index contributed by atoms with van der Waals surface area (Å²) in [7, 11) is 1.61. The molecular weight excluding hydrogens is 332 g/mol. The van der Waals surface area contributed by atoms with Crippen molar-refractivity contribution in [2.24, 2.45) is 5.10 Å². The lowest BCUT2D eigenvalue weighted by Crippen LogP contribution is -1.96. The number of rotatable bonds is 4. The van der Waals surface area contributed by atoms with Gasteiger partial charge in [-0.3, -0.25) is 5.43 Å². The molecule has 0 fully saturated rings. The van der Waals surface area contributed by atoms with Crippen molar-refractivity contribution in [1.29, 1.82) is 0 Å². The standard InChI is InChI=1S/C12H10BrClN4O/c1-19-10-3-2-9(13)6-8(10)7-15-17-12-5-4-11(14)16-18-12/h2-7H,1H3,(H,17,18)/b15-7-. The van der Waals surface area contributed by atoms with Crippen molar-refractivity contribution in [3.05, 3.63) is 45.5 Å². The Labute approximate surface area is 123 Å². The van der Waals surface area contributed by atoms with Crippen LogP contribution in [0.2, 0.25) is 5.15 Å². The summed E-state index contributed by atoms with van der Waals surface area (Å²) in [6, 6.07) is 8.97. The van der Waals surface area contributed by atoms with E-state index >= 15 is 0 Å². The van der Waals surface area contributed by atoms with E-state index < -0.39 is 0 Å². The predicted molar refractivity (Wildman–Crippen MR) is 79.0 cm³/mol. The number of aromatic nitrogens is 2. The summed E-state index contributed by atoms with van der Waals surface area (Å²) in [5.74, 6) is 1.24. The van der Waals surface area contributed by atoms with Gasteiger partial charge in [0.2, 0.25) is 0 Å². The predicted octanol–water partition coefficient (Wildman–Crippen LogP) is 3.35. The van der Waals surface area contributed by atoms with E-state index in [1.54, 1.807) is 25.5 Å². The molecule has 0 aliphatic carbocycles. The molecule has 19 heavy (non-hydrogen) atoms. The van der Waals surface area contributed by atoms with Crippen LogP contribution >= 0.6 is 27.5 Å². The van der Waals surface area contributed by atoms with E-state index in [0.717, 1.165) is 15.8 Å². The number of methoxy groups -OCH3 is 1. The van der Waals surface area contributed by atoms with Crippen LogP contribution < -0.4 is 10.2 Å². The second kappa shape index (κ2) is 6.49. The van der Waals surface area contributed by atoms with Crippen LogP contribution in [0, 0.1) is 0 Å². The lowest BCUT2D eigenvalue weighted by molar-refractivity contribution is 0.414. The van der Waals surface area contributed by atoms with Crippen LogP contribution in [-0.2, 0) is 0 Å². The molecule has 0 bridgehead atoms. The molecule has 5 nitrogen and oxygen atoms in total. The van der Waals surface area contributed by atoms with Crippen LogP contribution in [0.15, 0.2) is 39.9 Å². The van der Waals surface area contributed by atoms with E-state index in [1.165, 1.54) is 0 Å². The highest BCUT2D eigenvalue weighted by atomic mass is 79.9. The average molecular weight is 342 g/mol. The number of ether oxygens (including phenoxy) is 1. The summed E-state index contributed by atoms with van der Waals surface area (Å²) < 4.78 is 6.18. The van der Waals surface area contributed by atoms with Crippen LogP contribution in [0.25, 0.3) is 0 Å². The number of nitrogens with zero attached hydrogens (tertiary/aromatic N) is 3. The lowest BCUT2D eigenvalue weighted by atomic mass is 10.2. The van der Waals surface area contributed by atoms with Crippen molar-refractivity contribution >= 4 is 39.6 Å². The molecule has 0 unspecified atom stereocenters. The van der Waals surface area contributed by atoms with Gasteiger partial charge in [-0.05, 0) is 30.3 Å². The van der Waals surface area contributed by atoms with Gasteiger partial charge in [-0.15, -0.1) is 10.2 Å². The van der Waals surface area contributed by atoms with Crippen molar-refractivity contribution in [2.75, 3.05) is 12.5 Å². The molecule has 0 spiro atoms. The van der Waals surface area contributed by atoms with Crippen molar-refractivity contribution in [3.63, 3.8) is 0 Å². The summed E-state index contributed by atoms with van der Waals surface area (Å²) in [6.07, 6.45) is 1.64. The van der Waals surface area contributed by atoms with Gasteiger partial charge in [0, 0.05) is 10.0 Å². The Bertz CT molecular complexity index is 589. The van der Waals surface area contributed by atoms with Gasteiger partial charge < -0.3 is 4.74 Å². The maximum absolute atomic E-state index is 5.64. The summed E-state index contributed by atoms with van der Waals surface area (Å²) in [5, 5.41) is 11.9. The van der Waals surface area contributed by atoms with E-state index in [2.05, 4.69) is 36.7 Å². The minimum absolute atomic E-state index is 0.336. The monoisotopic (exact) mass is 340 g/mol. The highest BCUT2D eigenvalue weighted by molar-refractivity contribution is 9.10. The summed E-state index contributed by atoms with van der Waals surface area (Å²) >= 11 is 9.03. The average Bonchev–Trinajstić information content (AvgIpc) is 2.41. The van der Waals surface area contributed by atoms with E-state index in [4.69, 9.17) is 16.3 Å². The summed E-state index contributed by atoms with van der Waals surface area (Å²) in [6.45, 7) is 0. The van der Waals surface area contributed by atoms with Gasteiger partial charge in [0.1, 0.15) is 5.75 Å². The van der Waals surface area contributed by atoms with Crippen LogP contribution in [0.1, 0.15) is 5.56 Å². The van der Waals surface area contributed by atoms with E-state index in [9.17, 15) is 0 Å². The molecule has 0 atom stereocenters. The molecule has 0 radical (unpaired) electrons. The molecule has 1 aromatic heterocycles. The molecule has 2 rings (SSSR count). The second-order valence-electron chi connectivity index (χ2n) is 3.50. The van der Waals surface area contributed by atoms with Gasteiger partial charge in [0.25, 0.3) is 0 Å². The zero-order valence-electron chi connectivity index (χ0n) is 9.97. The zero-order chi connectivity index (χ0) is 13.7. The molecule has 0 saturated carbocycles. The maximum Gasteiger partial charge on any atom is 0.168 e. The second-order valence-corrected chi connectivity index (χ2v) is 4.80. The molecule has 0 aliphatic heterocycles. The quantitative estimate of drug-likeness (QED) is 0.684. The van der Waals surface area contributed by atoms with Gasteiger partial charge in [0.15, 0.2) is 11.0 Å². The minimum Gasteiger partial charge on any atom is -0.496 e. The molecule has 1 N–H and O–H groups in total. The molecule has 0 saturated heterocycles. The third-order valence-electron chi connectivity index (χ3n) is 2.21. The van der Waals surface area contributed by atoms with Crippen LogP contribution in [0.3, 0.4) is 0 Å². The van der Waals surface area contributed by atoms with Gasteiger partial charge in [-0.2, -0.15) is 5.10 Å². The van der Waals surface area contributed by atoms with Gasteiger partial charge in [-0.1, -0.05) is 27.5 Å². The molecule has 0 amide bonds. The van der Waals surface area contributed by atoms with Crippen LogP contribution in [0.5, 0.6) is 5.75 Å². The number of nitrogens with one attached hydrogen (secondary N) is 1. The number of hydrazone groups is 1. The molecular formula is C12H10BrClN4O. The Morgan fingerprint density at radius 1 is 1.32 bits per heavy atom. The normalized spacial score (nSPS) is 10.7. The molecule has 7 heteroatoms. The maximum atomic E-state index is 5.64. The van der Waals surface area contributed by atoms with Gasteiger partial charge in [0.05, 0.1) is 13.3 Å². The molecule has 1 heterocycles. The number of benzene rings is 1. The highest BCUT2D eigenvalue weighted by Gasteiger charge is 2.00. The number of hydrogen-bond donors (Lipinski definition) is 1. The van der Waals surface area contributed by atoms with Crippen LogP contribution in [0.4, 0.5) is 5.82 Å². The topological polar surface area (TPSA) is 59.4 Å². The third-order valence-corrected chi connectivity index (χ3v) is 2.90. The lowest BCUT2D eigenvalue weighted by Gasteiger charge is -2.04. The summed E-state index contributed by atoms with van der Waals surface area (Å²) in [4.78, 5) is 0. The van der Waals surface area contributed by atoms with E-state index in [0.29, 0.717) is 11.0 Å². The fourth-order valence-corrected chi connectivity index (χ4v) is 1.83. The Hall–Kier alpha value is -1.66. The number of anilines is 1. The van der Waals surface area contributed by atoms with Crippen molar-refractivity contribution in [2.45, 2.75) is 0 Å². The molecule has 98 valence electrons. The minimum atomic E-state index is 0.336.